The molecule has 0 spiro atoms. The van der Waals surface area contributed by atoms with Gasteiger partial charge < -0.3 is 40.3 Å². The van der Waals surface area contributed by atoms with Crippen LogP contribution >= 0.6 is 34.5 Å². The van der Waals surface area contributed by atoms with Crippen molar-refractivity contribution in [2.75, 3.05) is 71.4 Å². The van der Waals surface area contributed by atoms with Crippen LogP contribution in [0.2, 0.25) is 10.0 Å². The number of anilines is 1. The Labute approximate surface area is 331 Å². The number of hydrogen-bond acceptors (Lipinski definition) is 9. The number of amides is 5. The van der Waals surface area contributed by atoms with E-state index in [0.717, 1.165) is 26.5 Å². The van der Waals surface area contributed by atoms with Gasteiger partial charge in [0.25, 0.3) is 0 Å². The summed E-state index contributed by atoms with van der Waals surface area (Å²) in [6, 6.07) is 7.13. The molecule has 2 aliphatic rings. The van der Waals surface area contributed by atoms with Crippen molar-refractivity contribution in [1.82, 2.24) is 40.1 Å². The van der Waals surface area contributed by atoms with E-state index >= 15 is 0 Å². The molecule has 0 atom stereocenters. The van der Waals surface area contributed by atoms with Gasteiger partial charge in [-0.2, -0.15) is 5.10 Å². The van der Waals surface area contributed by atoms with Crippen LogP contribution in [0.25, 0.3) is 28.2 Å². The van der Waals surface area contributed by atoms with Crippen LogP contribution in [0.4, 0.5) is 5.00 Å². The van der Waals surface area contributed by atoms with Crippen molar-refractivity contribution in [2.45, 2.75) is 19.5 Å². The van der Waals surface area contributed by atoms with E-state index in [1.165, 1.54) is 33.1 Å². The van der Waals surface area contributed by atoms with Gasteiger partial charge in [-0.05, 0) is 44.4 Å². The van der Waals surface area contributed by atoms with E-state index in [1.54, 1.807) is 40.3 Å². The summed E-state index contributed by atoms with van der Waals surface area (Å²) in [5.41, 5.74) is 3.70. The fraction of sp³-hybridized carbons (Fsp3) is 0.351. The highest BCUT2D eigenvalue weighted by molar-refractivity contribution is 7.17. The molecule has 290 valence electrons. The first-order valence-electron chi connectivity index (χ1n) is 17.6. The van der Waals surface area contributed by atoms with Gasteiger partial charge in [-0.15, -0.1) is 11.3 Å². The second-order valence-electron chi connectivity index (χ2n) is 13.3. The molecule has 0 radical (unpaired) electrons. The van der Waals surface area contributed by atoms with E-state index in [0.29, 0.717) is 66.0 Å². The number of aliphatic hydroxyl groups is 1. The summed E-state index contributed by atoms with van der Waals surface area (Å²) in [4.78, 5) is 73.5. The molecule has 4 aromatic rings. The van der Waals surface area contributed by atoms with Gasteiger partial charge in [-0.25, -0.2) is 0 Å². The van der Waals surface area contributed by atoms with E-state index in [9.17, 15) is 29.1 Å². The molecular weight excluding hydrogens is 769 g/mol. The third kappa shape index (κ3) is 9.45. The number of benzene rings is 1. The average molecular weight is 811 g/mol. The number of halogens is 2. The van der Waals surface area contributed by atoms with Crippen molar-refractivity contribution in [3.8, 4) is 11.3 Å². The number of rotatable bonds is 13. The van der Waals surface area contributed by atoms with E-state index in [-0.39, 0.29) is 55.7 Å². The van der Waals surface area contributed by atoms with Crippen LogP contribution in [0.15, 0.2) is 48.7 Å². The first-order chi connectivity index (χ1) is 26.4. The SMILES string of the molecule is CN(C)CC=CC(=O)N1CCN(c2ccc(/C=C/C(=O)NCCNC(=O)Cn3ccc(-c4cc(Cl)c(Cl)c5[nH]c6c(c45)CN(C(=O)CO)CC6)n3)s2)C(=O)C1. The van der Waals surface area contributed by atoms with Crippen molar-refractivity contribution in [2.24, 2.45) is 0 Å². The average Bonchev–Trinajstić information content (AvgIpc) is 3.92. The van der Waals surface area contributed by atoms with Gasteiger partial charge in [0.05, 0.1) is 26.3 Å². The smallest absolute Gasteiger partial charge is 0.248 e. The highest BCUT2D eigenvalue weighted by Gasteiger charge is 2.29. The second-order valence-corrected chi connectivity index (χ2v) is 15.2. The molecule has 3 aromatic heterocycles. The largest absolute Gasteiger partial charge is 0.387 e. The number of aromatic amines is 1. The highest BCUT2D eigenvalue weighted by atomic mass is 35.5. The van der Waals surface area contributed by atoms with Crippen LogP contribution in [0.1, 0.15) is 16.1 Å². The van der Waals surface area contributed by atoms with Gasteiger partial charge in [0.2, 0.25) is 29.5 Å². The highest BCUT2D eigenvalue weighted by Crippen LogP contribution is 2.42. The quantitative estimate of drug-likeness (QED) is 0.118. The Hall–Kier alpha value is -5.00. The number of carbonyl (C=O) groups is 5. The molecule has 4 N–H and O–H groups in total. The fourth-order valence-electron chi connectivity index (χ4n) is 6.40. The Balaban J connectivity index is 0.965. The molecule has 6 rings (SSSR count). The predicted molar refractivity (Wildman–Crippen MR) is 212 cm³/mol. The lowest BCUT2D eigenvalue weighted by Gasteiger charge is -2.33. The summed E-state index contributed by atoms with van der Waals surface area (Å²) >= 11 is 14.4. The molecule has 1 saturated heterocycles. The minimum Gasteiger partial charge on any atom is -0.387 e. The van der Waals surface area contributed by atoms with Crippen LogP contribution in [-0.2, 0) is 43.5 Å². The Morgan fingerprint density at radius 1 is 1.04 bits per heavy atom. The zero-order valence-corrected chi connectivity index (χ0v) is 32.6. The monoisotopic (exact) mass is 809 g/mol. The lowest BCUT2D eigenvalue weighted by atomic mass is 9.99. The van der Waals surface area contributed by atoms with E-state index in [2.05, 4.69) is 20.7 Å². The normalized spacial score (nSPS) is 14.8. The van der Waals surface area contributed by atoms with Crippen LogP contribution in [0.3, 0.4) is 0 Å². The third-order valence-corrected chi connectivity index (χ3v) is 11.0. The Kier molecular flexibility index (Phi) is 12.7. The van der Waals surface area contributed by atoms with Crippen molar-refractivity contribution in [3.05, 3.63) is 74.9 Å². The van der Waals surface area contributed by atoms with Crippen molar-refractivity contribution in [3.63, 3.8) is 0 Å². The van der Waals surface area contributed by atoms with Crippen LogP contribution < -0.4 is 15.5 Å². The molecule has 0 aliphatic carbocycles. The van der Waals surface area contributed by atoms with Crippen LogP contribution in [0, 0.1) is 0 Å². The number of fused-ring (bicyclic) bond motifs is 3. The van der Waals surface area contributed by atoms with Crippen LogP contribution in [0.5, 0.6) is 0 Å². The maximum Gasteiger partial charge on any atom is 0.248 e. The molecule has 2 aliphatic heterocycles. The summed E-state index contributed by atoms with van der Waals surface area (Å²) < 4.78 is 1.49. The molecule has 55 heavy (non-hydrogen) atoms. The van der Waals surface area contributed by atoms with Crippen LogP contribution in [-0.4, -0.2) is 131 Å². The van der Waals surface area contributed by atoms with Gasteiger partial charge in [0.15, 0.2) is 0 Å². The number of H-pyrrole nitrogens is 1. The van der Waals surface area contributed by atoms with E-state index in [1.807, 2.05) is 31.1 Å². The molecule has 18 heteroatoms. The minimum absolute atomic E-state index is 0.00479. The molecule has 5 heterocycles. The molecule has 0 bridgehead atoms. The summed E-state index contributed by atoms with van der Waals surface area (Å²) in [5, 5.41) is 21.7. The van der Waals surface area contributed by atoms with E-state index < -0.39 is 6.61 Å². The van der Waals surface area contributed by atoms with Gasteiger partial charge in [0.1, 0.15) is 19.7 Å². The third-order valence-electron chi connectivity index (χ3n) is 9.14. The summed E-state index contributed by atoms with van der Waals surface area (Å²) in [7, 11) is 3.82. The van der Waals surface area contributed by atoms with Gasteiger partial charge in [0, 0.05) is 97.7 Å². The number of aromatic nitrogens is 3. The first-order valence-corrected chi connectivity index (χ1v) is 19.2. The number of hydrogen-bond donors (Lipinski definition) is 4. The number of thiophene rings is 1. The van der Waals surface area contributed by atoms with E-state index in [4.69, 9.17) is 23.2 Å². The summed E-state index contributed by atoms with van der Waals surface area (Å²) in [5.74, 6) is -1.35. The molecule has 0 saturated carbocycles. The van der Waals surface area contributed by atoms with Crippen molar-refractivity contribution in [1.29, 1.82) is 0 Å². The number of piperazine rings is 1. The Morgan fingerprint density at radius 2 is 1.84 bits per heavy atom. The lowest BCUT2D eigenvalue weighted by Crippen LogP contribution is -2.51. The van der Waals surface area contributed by atoms with Gasteiger partial charge in [-0.1, -0.05) is 29.3 Å². The zero-order chi connectivity index (χ0) is 39.2. The number of likely N-dealkylation sites (N-methyl/N-ethyl adjacent to an activating group) is 1. The maximum absolute atomic E-state index is 12.8. The Morgan fingerprint density at radius 3 is 2.60 bits per heavy atom. The lowest BCUT2D eigenvalue weighted by molar-refractivity contribution is -0.135. The number of carbonyl (C=O) groups excluding carboxylic acids is 5. The minimum atomic E-state index is -0.573. The predicted octanol–water partition coefficient (Wildman–Crippen LogP) is 2.52. The topological polar surface area (TPSA) is 176 Å². The number of nitrogens with one attached hydrogen (secondary N) is 3. The standard InChI is InChI=1S/C37H41Cl2N9O6S/c1-44(2)13-3-4-31(52)46-16-17-48(32(53)21-46)34-8-6-23(55-34)5-7-29(50)40-11-12-41-30(51)20-47-15-10-28(43-47)24-18-26(38)36(39)37-35(24)25-19-45(33(54)22-49)14-9-27(25)42-37/h3-8,10,15,18,42,49H,9,11-14,16-17,19-22H2,1-2H3,(H,40,50)(H,41,51)/b4-3?,7-5+. The molecule has 1 aromatic carbocycles. The van der Waals surface area contributed by atoms with Gasteiger partial charge >= 0.3 is 0 Å². The second kappa shape index (κ2) is 17.6. The van der Waals surface area contributed by atoms with Crippen molar-refractivity contribution < 1.29 is 29.1 Å². The summed E-state index contributed by atoms with van der Waals surface area (Å²) in [6.07, 6.45) is 8.57. The molecule has 5 amide bonds. The number of aliphatic hydroxyl groups excluding tert-OH is 1. The Bertz CT molecular complexity index is 2170. The molecule has 0 unspecified atom stereocenters. The summed E-state index contributed by atoms with van der Waals surface area (Å²) in [6.45, 7) is 1.98. The number of nitrogens with zero attached hydrogens (tertiary/aromatic N) is 6. The molecule has 15 nitrogen and oxygen atoms in total. The van der Waals surface area contributed by atoms with Gasteiger partial charge in [-0.3, -0.25) is 28.7 Å². The maximum atomic E-state index is 12.8. The fourth-order valence-corrected chi connectivity index (χ4v) is 7.75. The first kappa shape index (κ1) is 39.7. The molecule has 1 fully saturated rings. The molecular formula is C37H41Cl2N9O6S. The van der Waals surface area contributed by atoms with Crippen molar-refractivity contribution >= 4 is 86.1 Å². The zero-order valence-electron chi connectivity index (χ0n) is 30.3.